The number of hydrogen-bond donors (Lipinski definition) is 3. The Kier molecular flexibility index (Phi) is 7.57. The number of benzene rings is 2. The van der Waals surface area contributed by atoms with Gasteiger partial charge < -0.3 is 15.7 Å². The van der Waals surface area contributed by atoms with Crippen molar-refractivity contribution in [1.82, 2.24) is 10.6 Å². The number of rotatable bonds is 8. The molecule has 0 aromatic heterocycles. The first-order valence-corrected chi connectivity index (χ1v) is 8.58. The fraction of sp³-hybridized carbons (Fsp3) is 0.316. The molecule has 2 rings (SSSR count). The van der Waals surface area contributed by atoms with Crippen molar-refractivity contribution in [3.8, 4) is 0 Å². The molecular weight excluding hydrogens is 332 g/mol. The van der Waals surface area contributed by atoms with E-state index in [9.17, 15) is 15.2 Å². The number of non-ortho nitro benzene ring substituents is 1. The highest BCUT2D eigenvalue weighted by molar-refractivity contribution is 5.79. The maximum atomic E-state index is 10.8. The van der Waals surface area contributed by atoms with Gasteiger partial charge in [0, 0.05) is 25.2 Å². The summed E-state index contributed by atoms with van der Waals surface area (Å²) in [6.07, 6.45) is 0.00830. The highest BCUT2D eigenvalue weighted by Gasteiger charge is 2.08. The summed E-state index contributed by atoms with van der Waals surface area (Å²) < 4.78 is 0. The van der Waals surface area contributed by atoms with Crippen molar-refractivity contribution in [3.63, 3.8) is 0 Å². The van der Waals surface area contributed by atoms with Gasteiger partial charge in [-0.05, 0) is 24.5 Å². The molecule has 0 aliphatic carbocycles. The minimum absolute atomic E-state index is 0.0571. The molecule has 0 saturated carbocycles. The third-order valence-corrected chi connectivity index (χ3v) is 3.78. The molecule has 3 N–H and O–H groups in total. The monoisotopic (exact) mass is 356 g/mol. The van der Waals surface area contributed by atoms with Crippen molar-refractivity contribution in [2.24, 2.45) is 4.99 Å². The zero-order valence-corrected chi connectivity index (χ0v) is 14.8. The second-order valence-electron chi connectivity index (χ2n) is 5.76. The lowest BCUT2D eigenvalue weighted by Crippen LogP contribution is -2.38. The third kappa shape index (κ3) is 6.18. The lowest BCUT2D eigenvalue weighted by Gasteiger charge is -2.14. The second kappa shape index (κ2) is 10.1. The summed E-state index contributed by atoms with van der Waals surface area (Å²) in [5.41, 5.74) is 1.70. The van der Waals surface area contributed by atoms with Crippen LogP contribution in [0.3, 0.4) is 0 Å². The third-order valence-electron chi connectivity index (χ3n) is 3.78. The van der Waals surface area contributed by atoms with Gasteiger partial charge in [0.2, 0.25) is 0 Å². The molecule has 7 nitrogen and oxygen atoms in total. The van der Waals surface area contributed by atoms with Crippen molar-refractivity contribution >= 4 is 11.6 Å². The van der Waals surface area contributed by atoms with Gasteiger partial charge in [0.25, 0.3) is 5.69 Å². The van der Waals surface area contributed by atoms with Crippen LogP contribution in [0.4, 0.5) is 5.69 Å². The average molecular weight is 356 g/mol. The van der Waals surface area contributed by atoms with Crippen LogP contribution in [0.15, 0.2) is 59.6 Å². The first-order valence-electron chi connectivity index (χ1n) is 8.58. The Morgan fingerprint density at radius 3 is 2.65 bits per heavy atom. The second-order valence-corrected chi connectivity index (χ2v) is 5.76. The van der Waals surface area contributed by atoms with Gasteiger partial charge in [0.1, 0.15) is 0 Å². The minimum atomic E-state index is -0.539. The lowest BCUT2D eigenvalue weighted by molar-refractivity contribution is -0.384. The van der Waals surface area contributed by atoms with Crippen LogP contribution < -0.4 is 10.6 Å². The maximum Gasteiger partial charge on any atom is 0.269 e. The summed E-state index contributed by atoms with van der Waals surface area (Å²) in [5, 5.41) is 27.3. The van der Waals surface area contributed by atoms with Gasteiger partial charge >= 0.3 is 0 Å². The molecule has 1 unspecified atom stereocenters. The smallest absolute Gasteiger partial charge is 0.269 e. The van der Waals surface area contributed by atoms with Crippen molar-refractivity contribution in [2.75, 3.05) is 13.1 Å². The van der Waals surface area contributed by atoms with Gasteiger partial charge in [-0.1, -0.05) is 42.5 Å². The summed E-state index contributed by atoms with van der Waals surface area (Å²) in [6.45, 7) is 3.54. The van der Waals surface area contributed by atoms with Crippen molar-refractivity contribution in [1.29, 1.82) is 0 Å². The number of aliphatic hydroxyl groups excluding tert-OH is 1. The molecule has 7 heteroatoms. The Balaban J connectivity index is 1.90. The van der Waals surface area contributed by atoms with E-state index in [4.69, 9.17) is 0 Å². The number of nitrogens with zero attached hydrogens (tertiary/aromatic N) is 2. The summed E-state index contributed by atoms with van der Waals surface area (Å²) in [7, 11) is 0. The van der Waals surface area contributed by atoms with E-state index in [1.165, 1.54) is 12.1 Å². The zero-order valence-electron chi connectivity index (χ0n) is 14.8. The van der Waals surface area contributed by atoms with Gasteiger partial charge in [-0.15, -0.1) is 0 Å². The molecular formula is C19H24N4O3. The fourth-order valence-corrected chi connectivity index (χ4v) is 2.45. The molecule has 138 valence electrons. The summed E-state index contributed by atoms with van der Waals surface area (Å²) >= 11 is 0. The van der Waals surface area contributed by atoms with Gasteiger partial charge in [0.05, 0.1) is 17.6 Å². The Bertz CT molecular complexity index is 735. The Morgan fingerprint density at radius 2 is 1.96 bits per heavy atom. The molecule has 1 atom stereocenters. The molecule has 0 aliphatic heterocycles. The lowest BCUT2D eigenvalue weighted by atomic mass is 10.1. The number of guanidine groups is 1. The molecule has 0 fully saturated rings. The first-order chi connectivity index (χ1) is 12.6. The molecule has 0 radical (unpaired) electrons. The summed E-state index contributed by atoms with van der Waals surface area (Å²) in [6, 6.07) is 15.9. The number of nitrogens with one attached hydrogen (secondary N) is 2. The molecule has 0 saturated heterocycles. The van der Waals surface area contributed by atoms with Gasteiger partial charge in [-0.25, -0.2) is 4.99 Å². The average Bonchev–Trinajstić information content (AvgIpc) is 2.67. The van der Waals surface area contributed by atoms with E-state index < -0.39 is 11.0 Å². The Labute approximate surface area is 152 Å². The molecule has 2 aromatic rings. The van der Waals surface area contributed by atoms with Crippen LogP contribution in [-0.4, -0.2) is 29.1 Å². The largest absolute Gasteiger partial charge is 0.388 e. The topological polar surface area (TPSA) is 99.8 Å². The predicted molar refractivity (Wildman–Crippen MR) is 102 cm³/mol. The highest BCUT2D eigenvalue weighted by atomic mass is 16.6. The van der Waals surface area contributed by atoms with E-state index in [0.717, 1.165) is 11.1 Å². The van der Waals surface area contributed by atoms with Crippen LogP contribution in [-0.2, 0) is 6.54 Å². The standard InChI is InChI=1S/C19H24N4O3/c1-2-20-19(21-12-11-18(24)16-8-4-3-5-9-16)22-14-15-7-6-10-17(13-15)23(25)26/h3-10,13,18,24H,2,11-12,14H2,1H3,(H2,20,21,22). The quantitative estimate of drug-likeness (QED) is 0.292. The van der Waals surface area contributed by atoms with Crippen LogP contribution in [0.25, 0.3) is 0 Å². The zero-order chi connectivity index (χ0) is 18.8. The fourth-order valence-electron chi connectivity index (χ4n) is 2.45. The predicted octanol–water partition coefficient (Wildman–Crippen LogP) is 2.77. The van der Waals surface area contributed by atoms with Crippen LogP contribution in [0.5, 0.6) is 0 Å². The van der Waals surface area contributed by atoms with E-state index in [2.05, 4.69) is 15.6 Å². The molecule has 26 heavy (non-hydrogen) atoms. The summed E-state index contributed by atoms with van der Waals surface area (Å²) in [5.74, 6) is 0.610. The van der Waals surface area contributed by atoms with E-state index in [-0.39, 0.29) is 5.69 Å². The first kappa shape index (κ1) is 19.4. The van der Waals surface area contributed by atoms with Crippen LogP contribution >= 0.6 is 0 Å². The molecule has 0 bridgehead atoms. The number of aliphatic hydroxyl groups is 1. The van der Waals surface area contributed by atoms with Crippen LogP contribution in [0.2, 0.25) is 0 Å². The van der Waals surface area contributed by atoms with Gasteiger partial charge in [-0.2, -0.15) is 0 Å². The number of hydrogen-bond acceptors (Lipinski definition) is 4. The molecule has 2 aromatic carbocycles. The van der Waals surface area contributed by atoms with Crippen molar-refractivity contribution < 1.29 is 10.0 Å². The number of nitro groups is 1. The van der Waals surface area contributed by atoms with Crippen LogP contribution in [0.1, 0.15) is 30.6 Å². The van der Waals surface area contributed by atoms with E-state index in [1.54, 1.807) is 12.1 Å². The highest BCUT2D eigenvalue weighted by Crippen LogP contribution is 2.15. The Hall–Kier alpha value is -2.93. The maximum absolute atomic E-state index is 10.8. The van der Waals surface area contributed by atoms with Crippen molar-refractivity contribution in [2.45, 2.75) is 26.0 Å². The van der Waals surface area contributed by atoms with E-state index in [1.807, 2.05) is 37.3 Å². The SMILES string of the molecule is CCNC(=NCc1cccc([N+](=O)[O-])c1)NCCC(O)c1ccccc1. The normalized spacial score (nSPS) is 12.5. The molecule has 0 aliphatic rings. The molecule has 0 heterocycles. The Morgan fingerprint density at radius 1 is 1.19 bits per heavy atom. The number of aliphatic imine (C=N–C) groups is 1. The van der Waals surface area contributed by atoms with Crippen molar-refractivity contribution in [3.05, 3.63) is 75.8 Å². The summed E-state index contributed by atoms with van der Waals surface area (Å²) in [4.78, 5) is 14.9. The van der Waals surface area contributed by atoms with E-state index >= 15 is 0 Å². The molecule has 0 amide bonds. The van der Waals surface area contributed by atoms with Crippen LogP contribution in [0, 0.1) is 10.1 Å². The van der Waals surface area contributed by atoms with E-state index in [0.29, 0.717) is 32.0 Å². The minimum Gasteiger partial charge on any atom is -0.388 e. The van der Waals surface area contributed by atoms with Gasteiger partial charge in [0.15, 0.2) is 5.96 Å². The van der Waals surface area contributed by atoms with Gasteiger partial charge in [-0.3, -0.25) is 10.1 Å². The molecule has 0 spiro atoms. The number of nitro benzene ring substituents is 1.